The first-order valence-corrected chi connectivity index (χ1v) is 18.7. The molecule has 2 aliphatic heterocycles. The highest BCUT2D eigenvalue weighted by Gasteiger charge is 2.35. The zero-order chi connectivity index (χ0) is 40.8. The first-order chi connectivity index (χ1) is 26.3. The molecule has 6 rings (SSSR count). The topological polar surface area (TPSA) is 93.8 Å². The second-order valence-corrected chi connectivity index (χ2v) is 15.4. The summed E-state index contributed by atoms with van der Waals surface area (Å²) >= 11 is 0. The lowest BCUT2D eigenvalue weighted by atomic mass is 9.84. The zero-order valence-electron chi connectivity index (χ0n) is 32.2. The summed E-state index contributed by atoms with van der Waals surface area (Å²) in [7, 11) is 0. The Morgan fingerprint density at radius 1 is 0.696 bits per heavy atom. The largest absolute Gasteiger partial charge is 0.489 e. The number of nitrogens with two attached hydrogens (primary N) is 1. The smallest absolute Gasteiger partial charge is 0.433 e. The number of hydrogen-bond acceptors (Lipinski definition) is 8. The summed E-state index contributed by atoms with van der Waals surface area (Å²) in [6.45, 7) is 11.9. The zero-order valence-corrected chi connectivity index (χ0v) is 32.2. The summed E-state index contributed by atoms with van der Waals surface area (Å²) in [4.78, 5) is 23.4. The molecule has 2 fully saturated rings. The maximum atomic E-state index is 12.9. The number of nitrogens with zero attached hydrogens (tertiary/aromatic N) is 4. The fraction of sp³-hybridized carbons (Fsp3) is 0.452. The van der Waals surface area contributed by atoms with Crippen LogP contribution in [0.1, 0.15) is 88.4 Å². The minimum absolute atomic E-state index is 0.0389. The van der Waals surface area contributed by atoms with Gasteiger partial charge in [0.25, 0.3) is 0 Å². The molecule has 0 saturated carbocycles. The third kappa shape index (κ3) is 11.6. The Balaban J connectivity index is 0.000000219. The van der Waals surface area contributed by atoms with Crippen LogP contribution in [-0.2, 0) is 17.1 Å². The molecular formula is C42H49F6N5O3. The van der Waals surface area contributed by atoms with Gasteiger partial charge in [-0.2, -0.15) is 26.3 Å². The molecule has 302 valence electrons. The van der Waals surface area contributed by atoms with Gasteiger partial charge in [0.1, 0.15) is 52.5 Å². The number of alkyl halides is 6. The van der Waals surface area contributed by atoms with Crippen molar-refractivity contribution in [1.82, 2.24) is 9.97 Å². The molecule has 0 amide bonds. The molecule has 0 bridgehead atoms. The van der Waals surface area contributed by atoms with E-state index in [1.54, 1.807) is 12.1 Å². The van der Waals surface area contributed by atoms with E-state index in [0.29, 0.717) is 56.4 Å². The highest BCUT2D eigenvalue weighted by atomic mass is 19.4. The van der Waals surface area contributed by atoms with Crippen molar-refractivity contribution in [3.8, 4) is 11.5 Å². The molecular weight excluding hydrogens is 736 g/mol. The van der Waals surface area contributed by atoms with Crippen LogP contribution in [0.4, 0.5) is 38.0 Å². The predicted molar refractivity (Wildman–Crippen MR) is 204 cm³/mol. The average Bonchev–Trinajstić information content (AvgIpc) is 3.81. The summed E-state index contributed by atoms with van der Waals surface area (Å²) in [5.74, 6) is 2.43. The summed E-state index contributed by atoms with van der Waals surface area (Å²) < 4.78 is 89.1. The summed E-state index contributed by atoms with van der Waals surface area (Å²) in [5.41, 5.74) is 5.81. The van der Waals surface area contributed by atoms with E-state index in [4.69, 9.17) is 15.2 Å². The monoisotopic (exact) mass is 785 g/mol. The van der Waals surface area contributed by atoms with E-state index in [1.165, 1.54) is 12.1 Å². The van der Waals surface area contributed by atoms with Crippen LogP contribution in [-0.4, -0.2) is 54.1 Å². The third-order valence-electron chi connectivity index (χ3n) is 9.78. The Morgan fingerprint density at radius 2 is 1.11 bits per heavy atom. The standard InChI is InChI=1S/C24H29F3N2O2.C18H20F3N3O/c1-16(14-21(30)23(2,3)4)17-8-10-18(11-9-17)31-19-12-13-29(15-19)22-7-5-6-20(28-22)24(25,26)27;1-12(22)13-5-7-14(8-6-13)25-15-9-10-24(11-15)17-4-2-3-16(23-17)18(19,20)21/h5-11,16,19H,12-15H2,1-4H3;2-8,12,15H,9-11,22H2,1H3/t16-,19?;12-,15?/m10/s1. The molecule has 4 heterocycles. The molecule has 2 aromatic carbocycles. The van der Waals surface area contributed by atoms with Crippen molar-refractivity contribution in [3.05, 3.63) is 107 Å². The van der Waals surface area contributed by atoms with Crippen molar-refractivity contribution in [1.29, 1.82) is 0 Å². The highest BCUT2D eigenvalue weighted by Crippen LogP contribution is 2.33. The molecule has 14 heteroatoms. The van der Waals surface area contributed by atoms with Crippen LogP contribution in [0.25, 0.3) is 0 Å². The number of anilines is 2. The maximum Gasteiger partial charge on any atom is 0.433 e. The molecule has 2 unspecified atom stereocenters. The Kier molecular flexibility index (Phi) is 13.2. The number of rotatable bonds is 10. The van der Waals surface area contributed by atoms with Crippen LogP contribution in [0, 0.1) is 5.41 Å². The maximum absolute atomic E-state index is 12.9. The van der Waals surface area contributed by atoms with Gasteiger partial charge in [-0.25, -0.2) is 9.97 Å². The lowest BCUT2D eigenvalue weighted by molar-refractivity contribution is -0.141. The molecule has 0 spiro atoms. The van der Waals surface area contributed by atoms with Gasteiger partial charge in [-0.1, -0.05) is 64.1 Å². The lowest BCUT2D eigenvalue weighted by Gasteiger charge is -2.21. The number of pyridine rings is 2. The van der Waals surface area contributed by atoms with Crippen LogP contribution in [0.15, 0.2) is 84.9 Å². The molecule has 56 heavy (non-hydrogen) atoms. The van der Waals surface area contributed by atoms with Gasteiger partial charge < -0.3 is 25.0 Å². The molecule has 2 aliphatic rings. The van der Waals surface area contributed by atoms with Crippen molar-refractivity contribution < 1.29 is 40.6 Å². The number of ketones is 1. The molecule has 0 radical (unpaired) electrons. The normalized spacial score (nSPS) is 18.6. The number of aromatic nitrogens is 2. The fourth-order valence-corrected chi connectivity index (χ4v) is 6.39. The molecule has 0 aliphatic carbocycles. The van der Waals surface area contributed by atoms with Gasteiger partial charge in [0.2, 0.25) is 0 Å². The molecule has 4 aromatic rings. The molecule has 4 atom stereocenters. The second kappa shape index (κ2) is 17.5. The van der Waals surface area contributed by atoms with E-state index in [-0.39, 0.29) is 35.4 Å². The SMILES string of the molecule is C[C@H](CC(=O)C(C)(C)C)c1ccc(OC2CCN(c3cccc(C(F)(F)F)n3)C2)cc1.C[C@H](N)c1ccc(OC2CCN(c3cccc(C(F)(F)F)n3)C2)cc1. The van der Waals surface area contributed by atoms with Gasteiger partial charge in [-0.3, -0.25) is 4.79 Å². The van der Waals surface area contributed by atoms with Gasteiger partial charge in [-0.15, -0.1) is 0 Å². The van der Waals surface area contributed by atoms with Crippen LogP contribution >= 0.6 is 0 Å². The van der Waals surface area contributed by atoms with Crippen LogP contribution in [0.2, 0.25) is 0 Å². The fourth-order valence-electron chi connectivity index (χ4n) is 6.39. The van der Waals surface area contributed by atoms with Crippen molar-refractivity contribution in [3.63, 3.8) is 0 Å². The number of benzene rings is 2. The van der Waals surface area contributed by atoms with E-state index in [0.717, 1.165) is 35.4 Å². The number of halogens is 6. The summed E-state index contributed by atoms with van der Waals surface area (Å²) in [6.07, 6.45) is -7.18. The average molecular weight is 786 g/mol. The lowest BCUT2D eigenvalue weighted by Crippen LogP contribution is -2.26. The third-order valence-corrected chi connectivity index (χ3v) is 9.78. The molecule has 8 nitrogen and oxygen atoms in total. The van der Waals surface area contributed by atoms with Gasteiger partial charge in [0.05, 0.1) is 13.1 Å². The molecule has 2 aromatic heterocycles. The Morgan fingerprint density at radius 3 is 1.48 bits per heavy atom. The van der Waals surface area contributed by atoms with E-state index in [2.05, 4.69) is 9.97 Å². The number of Topliss-reactive ketones (excluding diaryl/α,β-unsaturated/α-hetero) is 1. The minimum Gasteiger partial charge on any atom is -0.489 e. The van der Waals surface area contributed by atoms with Crippen molar-refractivity contribution in [2.75, 3.05) is 36.0 Å². The minimum atomic E-state index is -4.46. The summed E-state index contributed by atoms with van der Waals surface area (Å²) in [6, 6.07) is 23.1. The van der Waals surface area contributed by atoms with Gasteiger partial charge in [0, 0.05) is 43.8 Å². The molecule has 2 N–H and O–H groups in total. The van der Waals surface area contributed by atoms with E-state index in [9.17, 15) is 31.1 Å². The Hall–Kier alpha value is -4.85. The number of ether oxygens (including phenoxy) is 2. The van der Waals surface area contributed by atoms with Crippen molar-refractivity contribution in [2.45, 2.75) is 90.4 Å². The van der Waals surface area contributed by atoms with Crippen LogP contribution < -0.4 is 25.0 Å². The van der Waals surface area contributed by atoms with Crippen LogP contribution in [0.3, 0.4) is 0 Å². The quantitative estimate of drug-likeness (QED) is 0.159. The Labute approximate surface area is 324 Å². The van der Waals surface area contributed by atoms with Crippen molar-refractivity contribution >= 4 is 17.4 Å². The number of carbonyl (C=O) groups excluding carboxylic acids is 1. The number of carbonyl (C=O) groups is 1. The predicted octanol–water partition coefficient (Wildman–Crippen LogP) is 9.64. The first-order valence-electron chi connectivity index (χ1n) is 18.7. The molecule has 2 saturated heterocycles. The number of hydrogen-bond donors (Lipinski definition) is 1. The van der Waals surface area contributed by atoms with Gasteiger partial charge >= 0.3 is 12.4 Å². The van der Waals surface area contributed by atoms with Crippen molar-refractivity contribution in [2.24, 2.45) is 11.1 Å². The van der Waals surface area contributed by atoms with Crippen LogP contribution in [0.5, 0.6) is 11.5 Å². The second-order valence-electron chi connectivity index (χ2n) is 15.4. The van der Waals surface area contributed by atoms with E-state index >= 15 is 0 Å². The van der Waals surface area contributed by atoms with Gasteiger partial charge in [-0.05, 0) is 72.5 Å². The van der Waals surface area contributed by atoms with Gasteiger partial charge in [0.15, 0.2) is 0 Å². The highest BCUT2D eigenvalue weighted by molar-refractivity contribution is 5.84. The van der Waals surface area contributed by atoms with E-state index < -0.39 is 23.7 Å². The Bertz CT molecular complexity index is 1900. The first kappa shape index (κ1) is 42.3. The summed E-state index contributed by atoms with van der Waals surface area (Å²) in [5, 5.41) is 0. The van der Waals surface area contributed by atoms with E-state index in [1.807, 2.05) is 92.9 Å².